The summed E-state index contributed by atoms with van der Waals surface area (Å²) in [6.45, 7) is 1.67. The number of pyridine rings is 3. The first-order valence-electron chi connectivity index (χ1n) is 7.65. The van der Waals surface area contributed by atoms with Gasteiger partial charge in [0.05, 0.1) is 23.2 Å². The highest BCUT2D eigenvalue weighted by atomic mass is 19.4. The second-order valence-corrected chi connectivity index (χ2v) is 5.87. The van der Waals surface area contributed by atoms with Gasteiger partial charge in [0.25, 0.3) is 5.56 Å². The minimum Gasteiger partial charge on any atom is -0.333 e. The topological polar surface area (TPSA) is 65.6 Å². The zero-order valence-corrected chi connectivity index (χ0v) is 13.7. The molecule has 0 atom stereocenters. The van der Waals surface area contributed by atoms with Crippen LogP contribution >= 0.6 is 0 Å². The zero-order valence-electron chi connectivity index (χ0n) is 13.7. The second kappa shape index (κ2) is 5.38. The van der Waals surface area contributed by atoms with Crippen LogP contribution in [0.3, 0.4) is 0 Å². The average molecular weight is 359 g/mol. The molecule has 4 aromatic heterocycles. The Bertz CT molecular complexity index is 1220. The molecule has 0 aliphatic heterocycles. The van der Waals surface area contributed by atoms with Crippen LogP contribution in [0.15, 0.2) is 41.6 Å². The molecule has 6 nitrogen and oxygen atoms in total. The molecule has 0 fully saturated rings. The van der Waals surface area contributed by atoms with Crippen molar-refractivity contribution >= 4 is 22.1 Å². The molecule has 0 aliphatic rings. The molecule has 0 radical (unpaired) electrons. The SMILES string of the molecule is Cc1ncccc1-n1c(=O)c2ncn(C)c2c2ccc(C(F)(F)F)nc21. The van der Waals surface area contributed by atoms with Crippen molar-refractivity contribution in [1.82, 2.24) is 24.1 Å². The fraction of sp³-hybridized carbons (Fsp3) is 0.176. The van der Waals surface area contributed by atoms with Gasteiger partial charge in [0.2, 0.25) is 0 Å². The van der Waals surface area contributed by atoms with Gasteiger partial charge in [-0.1, -0.05) is 0 Å². The van der Waals surface area contributed by atoms with E-state index in [2.05, 4.69) is 15.0 Å². The van der Waals surface area contributed by atoms with E-state index in [0.717, 1.165) is 10.6 Å². The molecule has 26 heavy (non-hydrogen) atoms. The number of alkyl halides is 3. The minimum atomic E-state index is -4.62. The molecule has 9 heteroatoms. The first-order valence-corrected chi connectivity index (χ1v) is 7.65. The first kappa shape index (κ1) is 16.2. The van der Waals surface area contributed by atoms with Crippen LogP contribution < -0.4 is 5.56 Å². The van der Waals surface area contributed by atoms with Crippen molar-refractivity contribution in [1.29, 1.82) is 0 Å². The lowest BCUT2D eigenvalue weighted by Crippen LogP contribution is -2.22. The van der Waals surface area contributed by atoms with Crippen molar-refractivity contribution in [2.45, 2.75) is 13.1 Å². The summed E-state index contributed by atoms with van der Waals surface area (Å²) < 4.78 is 42.3. The lowest BCUT2D eigenvalue weighted by atomic mass is 10.2. The molecule has 0 spiro atoms. The van der Waals surface area contributed by atoms with Crippen LogP contribution in [0.2, 0.25) is 0 Å². The molecule has 0 bridgehead atoms. The van der Waals surface area contributed by atoms with E-state index in [0.29, 0.717) is 22.3 Å². The molecule has 0 amide bonds. The summed E-state index contributed by atoms with van der Waals surface area (Å²) >= 11 is 0. The summed E-state index contributed by atoms with van der Waals surface area (Å²) in [5.74, 6) is 0. The lowest BCUT2D eigenvalue weighted by molar-refractivity contribution is -0.141. The molecule has 4 aromatic rings. The molecule has 4 rings (SSSR count). The van der Waals surface area contributed by atoms with E-state index < -0.39 is 17.4 Å². The predicted molar refractivity (Wildman–Crippen MR) is 89.1 cm³/mol. The maximum Gasteiger partial charge on any atom is 0.433 e. The summed E-state index contributed by atoms with van der Waals surface area (Å²) in [6.07, 6.45) is -1.63. The first-order chi connectivity index (χ1) is 12.3. The maximum absolute atomic E-state index is 13.2. The van der Waals surface area contributed by atoms with Gasteiger partial charge in [-0.15, -0.1) is 0 Å². The van der Waals surface area contributed by atoms with Gasteiger partial charge in [-0.3, -0.25) is 14.3 Å². The molecule has 0 N–H and O–H groups in total. The largest absolute Gasteiger partial charge is 0.433 e. The van der Waals surface area contributed by atoms with Gasteiger partial charge >= 0.3 is 6.18 Å². The monoisotopic (exact) mass is 359 g/mol. The van der Waals surface area contributed by atoms with Crippen LogP contribution in [-0.2, 0) is 13.2 Å². The molecule has 0 aromatic carbocycles. The van der Waals surface area contributed by atoms with Crippen LogP contribution in [0.25, 0.3) is 27.8 Å². The summed E-state index contributed by atoms with van der Waals surface area (Å²) in [6, 6.07) is 5.44. The highest BCUT2D eigenvalue weighted by molar-refractivity contribution is 6.01. The minimum absolute atomic E-state index is 0.0861. The Labute approximate surface area is 144 Å². The number of nitrogens with zero attached hydrogens (tertiary/aromatic N) is 5. The smallest absolute Gasteiger partial charge is 0.333 e. The number of imidazole rings is 1. The Hall–Kier alpha value is -3.23. The fourth-order valence-corrected chi connectivity index (χ4v) is 3.00. The number of rotatable bonds is 1. The molecule has 0 saturated heterocycles. The fourth-order valence-electron chi connectivity index (χ4n) is 3.00. The van der Waals surface area contributed by atoms with E-state index in [1.165, 1.54) is 12.4 Å². The molecule has 0 aliphatic carbocycles. The zero-order chi connectivity index (χ0) is 18.6. The van der Waals surface area contributed by atoms with Crippen LogP contribution in [0.5, 0.6) is 0 Å². The summed E-state index contributed by atoms with van der Waals surface area (Å²) in [7, 11) is 1.67. The van der Waals surface area contributed by atoms with E-state index in [9.17, 15) is 18.0 Å². The molecular weight excluding hydrogens is 347 g/mol. The van der Waals surface area contributed by atoms with Gasteiger partial charge in [0.1, 0.15) is 11.3 Å². The van der Waals surface area contributed by atoms with E-state index in [1.807, 2.05) is 0 Å². The van der Waals surface area contributed by atoms with Crippen molar-refractivity contribution in [3.05, 3.63) is 58.5 Å². The third-order valence-electron chi connectivity index (χ3n) is 4.20. The van der Waals surface area contributed by atoms with Gasteiger partial charge in [-0.05, 0) is 31.2 Å². The number of hydrogen-bond donors (Lipinski definition) is 0. The Morgan fingerprint density at radius 3 is 2.58 bits per heavy atom. The van der Waals surface area contributed by atoms with Crippen LogP contribution in [0.1, 0.15) is 11.4 Å². The third-order valence-corrected chi connectivity index (χ3v) is 4.20. The molecular formula is C17H12F3N5O. The van der Waals surface area contributed by atoms with E-state index in [1.54, 1.807) is 36.9 Å². The van der Waals surface area contributed by atoms with Crippen LogP contribution in [0.4, 0.5) is 13.2 Å². The van der Waals surface area contributed by atoms with Crippen molar-refractivity contribution in [3.63, 3.8) is 0 Å². The van der Waals surface area contributed by atoms with E-state index >= 15 is 0 Å². The van der Waals surface area contributed by atoms with Crippen LogP contribution in [-0.4, -0.2) is 24.1 Å². The van der Waals surface area contributed by atoms with Crippen molar-refractivity contribution < 1.29 is 13.2 Å². The number of fused-ring (bicyclic) bond motifs is 3. The predicted octanol–water partition coefficient (Wildman–Crippen LogP) is 2.99. The molecule has 4 heterocycles. The number of aryl methyl sites for hydroxylation is 2. The van der Waals surface area contributed by atoms with Crippen molar-refractivity contribution in [3.8, 4) is 5.69 Å². The van der Waals surface area contributed by atoms with Gasteiger partial charge in [-0.25, -0.2) is 9.97 Å². The number of hydrogen-bond acceptors (Lipinski definition) is 4. The lowest BCUT2D eigenvalue weighted by Gasteiger charge is -2.14. The van der Waals surface area contributed by atoms with Gasteiger partial charge < -0.3 is 4.57 Å². The Balaban J connectivity index is 2.26. The quantitative estimate of drug-likeness (QED) is 0.524. The Morgan fingerprint density at radius 1 is 1.12 bits per heavy atom. The second-order valence-electron chi connectivity index (χ2n) is 5.87. The standard InChI is InChI=1S/C17H12F3N5O/c1-9-11(4-3-7-21-9)25-15-10(5-6-12(23-15)17(18,19)20)14-13(16(25)26)22-8-24(14)2/h3-8H,1-2H3. The summed E-state index contributed by atoms with van der Waals surface area (Å²) in [4.78, 5) is 25.0. The Kier molecular flexibility index (Phi) is 3.36. The van der Waals surface area contributed by atoms with Crippen molar-refractivity contribution in [2.24, 2.45) is 7.05 Å². The summed E-state index contributed by atoms with van der Waals surface area (Å²) in [5, 5.41) is 0.399. The molecule has 0 unspecified atom stereocenters. The number of halogens is 3. The van der Waals surface area contributed by atoms with Crippen molar-refractivity contribution in [2.75, 3.05) is 0 Å². The van der Waals surface area contributed by atoms with Gasteiger partial charge in [0, 0.05) is 18.6 Å². The average Bonchev–Trinajstić information content (AvgIpc) is 2.98. The molecule has 0 saturated carbocycles. The van der Waals surface area contributed by atoms with E-state index in [4.69, 9.17) is 0 Å². The van der Waals surface area contributed by atoms with E-state index in [-0.39, 0.29) is 11.2 Å². The third kappa shape index (κ3) is 2.27. The Morgan fingerprint density at radius 2 is 1.88 bits per heavy atom. The normalized spacial score (nSPS) is 12.2. The molecule has 132 valence electrons. The van der Waals surface area contributed by atoms with Crippen LogP contribution in [0, 0.1) is 6.92 Å². The van der Waals surface area contributed by atoms with Gasteiger partial charge in [-0.2, -0.15) is 13.2 Å². The highest BCUT2D eigenvalue weighted by Crippen LogP contribution is 2.31. The maximum atomic E-state index is 13.2. The number of aromatic nitrogens is 5. The highest BCUT2D eigenvalue weighted by Gasteiger charge is 2.33. The summed E-state index contributed by atoms with van der Waals surface area (Å²) in [5.41, 5.74) is -0.254. The van der Waals surface area contributed by atoms with Gasteiger partial charge in [0.15, 0.2) is 5.52 Å².